The first kappa shape index (κ1) is 21.5. The topological polar surface area (TPSA) is 75.7 Å². The molecular formula is C22H28N2O4S. The van der Waals surface area contributed by atoms with E-state index >= 15 is 0 Å². The second-order valence-corrected chi connectivity index (χ2v) is 9.11. The number of hydrogen-bond donors (Lipinski definition) is 1. The molecule has 0 radical (unpaired) electrons. The van der Waals surface area contributed by atoms with Crippen molar-refractivity contribution in [1.82, 2.24) is 9.62 Å². The van der Waals surface area contributed by atoms with Crippen LogP contribution >= 0.6 is 0 Å². The van der Waals surface area contributed by atoms with Crippen LogP contribution in [0.1, 0.15) is 41.3 Å². The van der Waals surface area contributed by atoms with Gasteiger partial charge in [-0.25, -0.2) is 13.1 Å². The Balaban J connectivity index is 1.67. The van der Waals surface area contributed by atoms with Gasteiger partial charge in [0.25, 0.3) is 5.91 Å². The van der Waals surface area contributed by atoms with Crippen LogP contribution in [0.4, 0.5) is 0 Å². The number of benzene rings is 2. The molecule has 3 rings (SSSR count). The molecule has 156 valence electrons. The van der Waals surface area contributed by atoms with Crippen LogP contribution in [0.25, 0.3) is 0 Å². The number of rotatable bonds is 8. The molecule has 6 nitrogen and oxygen atoms in total. The summed E-state index contributed by atoms with van der Waals surface area (Å²) in [5.74, 6) is -0.222. The molecule has 1 fully saturated rings. The maximum atomic E-state index is 12.8. The fraction of sp³-hybridized carbons (Fsp3) is 0.409. The molecule has 7 heteroatoms. The van der Waals surface area contributed by atoms with Crippen molar-refractivity contribution in [2.24, 2.45) is 0 Å². The van der Waals surface area contributed by atoms with Crippen molar-refractivity contribution in [3.8, 4) is 0 Å². The van der Waals surface area contributed by atoms with E-state index in [1.54, 1.807) is 24.1 Å². The first-order chi connectivity index (χ1) is 13.9. The third-order valence-corrected chi connectivity index (χ3v) is 6.54. The Labute approximate surface area is 172 Å². The Hall–Kier alpha value is -2.22. The van der Waals surface area contributed by atoms with Gasteiger partial charge in [0.05, 0.1) is 11.0 Å². The predicted octanol–water partition coefficient (Wildman–Crippen LogP) is 2.98. The van der Waals surface area contributed by atoms with Crippen LogP contribution in [0.2, 0.25) is 0 Å². The third-order valence-electron chi connectivity index (χ3n) is 5.11. The fourth-order valence-corrected chi connectivity index (χ4v) is 4.45. The van der Waals surface area contributed by atoms with Crippen LogP contribution in [0.3, 0.4) is 0 Å². The molecule has 1 N–H and O–H groups in total. The Bertz CT molecular complexity index is 936. The summed E-state index contributed by atoms with van der Waals surface area (Å²) < 4.78 is 33.2. The molecule has 0 spiro atoms. The van der Waals surface area contributed by atoms with Crippen LogP contribution in [0.5, 0.6) is 0 Å². The molecule has 0 aromatic heterocycles. The summed E-state index contributed by atoms with van der Waals surface area (Å²) in [7, 11) is -1.98. The monoisotopic (exact) mass is 416 g/mol. The Morgan fingerprint density at radius 2 is 1.90 bits per heavy atom. The van der Waals surface area contributed by atoms with Gasteiger partial charge in [-0.05, 0) is 48.6 Å². The van der Waals surface area contributed by atoms with E-state index < -0.39 is 10.0 Å². The van der Waals surface area contributed by atoms with Crippen molar-refractivity contribution in [3.05, 3.63) is 65.2 Å². The van der Waals surface area contributed by atoms with E-state index in [9.17, 15) is 13.2 Å². The average molecular weight is 417 g/mol. The lowest BCUT2D eigenvalue weighted by Gasteiger charge is -2.18. The molecule has 29 heavy (non-hydrogen) atoms. The summed E-state index contributed by atoms with van der Waals surface area (Å²) in [4.78, 5) is 14.5. The number of carbonyl (C=O) groups is 1. The largest absolute Gasteiger partial charge is 0.377 e. The number of carbonyl (C=O) groups excluding carboxylic acids is 1. The molecule has 0 saturated carbocycles. The summed E-state index contributed by atoms with van der Waals surface area (Å²) in [6.07, 6.45) is 2.69. The Kier molecular flexibility index (Phi) is 7.05. The van der Waals surface area contributed by atoms with Gasteiger partial charge in [-0.1, -0.05) is 37.3 Å². The molecule has 2 aromatic rings. The zero-order valence-corrected chi connectivity index (χ0v) is 17.7. The van der Waals surface area contributed by atoms with Crippen molar-refractivity contribution < 1.29 is 17.9 Å². The number of hydrogen-bond acceptors (Lipinski definition) is 4. The van der Waals surface area contributed by atoms with Gasteiger partial charge in [-0.3, -0.25) is 4.79 Å². The summed E-state index contributed by atoms with van der Waals surface area (Å²) in [6.45, 7) is 3.47. The molecule has 1 atom stereocenters. The highest BCUT2D eigenvalue weighted by Gasteiger charge is 2.21. The second-order valence-electron chi connectivity index (χ2n) is 7.35. The standard InChI is InChI=1S/C22H28N2O4S/c1-3-17-9-11-18(12-10-17)16-24(2)22(25)19-6-4-8-21(14-19)29(26,27)23-15-20-7-5-13-28-20/h4,6,8-12,14,20,23H,3,5,7,13,15-16H2,1-2H3. The third kappa shape index (κ3) is 5.65. The highest BCUT2D eigenvalue weighted by molar-refractivity contribution is 7.89. The number of nitrogens with one attached hydrogen (secondary N) is 1. The SMILES string of the molecule is CCc1ccc(CN(C)C(=O)c2cccc(S(=O)(=O)NCC3CCCO3)c2)cc1. The molecule has 1 aliphatic heterocycles. The molecule has 1 amide bonds. The van der Waals surface area contributed by atoms with Gasteiger partial charge in [0, 0.05) is 32.3 Å². The fourth-order valence-electron chi connectivity index (χ4n) is 3.33. The van der Waals surface area contributed by atoms with E-state index in [0.29, 0.717) is 18.7 Å². The predicted molar refractivity (Wildman–Crippen MR) is 112 cm³/mol. The molecule has 0 bridgehead atoms. The highest BCUT2D eigenvalue weighted by atomic mass is 32.2. The van der Waals surface area contributed by atoms with Crippen LogP contribution in [0, 0.1) is 0 Å². The molecule has 1 unspecified atom stereocenters. The lowest BCUT2D eigenvalue weighted by Crippen LogP contribution is -2.32. The van der Waals surface area contributed by atoms with Gasteiger partial charge in [0.2, 0.25) is 10.0 Å². The quantitative estimate of drug-likeness (QED) is 0.718. The van der Waals surface area contributed by atoms with E-state index in [4.69, 9.17) is 4.74 Å². The van der Waals surface area contributed by atoms with Crippen molar-refractivity contribution >= 4 is 15.9 Å². The lowest BCUT2D eigenvalue weighted by atomic mass is 10.1. The number of sulfonamides is 1. The molecule has 2 aromatic carbocycles. The van der Waals surface area contributed by atoms with Gasteiger partial charge in [-0.15, -0.1) is 0 Å². The van der Waals surface area contributed by atoms with Gasteiger partial charge in [0.1, 0.15) is 0 Å². The van der Waals surface area contributed by atoms with Crippen molar-refractivity contribution in [1.29, 1.82) is 0 Å². The number of aryl methyl sites for hydroxylation is 1. The van der Waals surface area contributed by atoms with Crippen LogP contribution < -0.4 is 4.72 Å². The summed E-state index contributed by atoms with van der Waals surface area (Å²) in [5, 5.41) is 0. The van der Waals surface area contributed by atoms with E-state index in [-0.39, 0.29) is 23.5 Å². The van der Waals surface area contributed by atoms with Gasteiger partial charge < -0.3 is 9.64 Å². The van der Waals surface area contributed by atoms with Crippen LogP contribution in [-0.4, -0.2) is 45.5 Å². The molecule has 0 aliphatic carbocycles. The van der Waals surface area contributed by atoms with Crippen LogP contribution in [0.15, 0.2) is 53.4 Å². The maximum absolute atomic E-state index is 12.8. The van der Waals surface area contributed by atoms with E-state index in [1.807, 2.05) is 12.1 Å². The molecular weight excluding hydrogens is 388 g/mol. The maximum Gasteiger partial charge on any atom is 0.253 e. The Morgan fingerprint density at radius 3 is 2.55 bits per heavy atom. The highest BCUT2D eigenvalue weighted by Crippen LogP contribution is 2.16. The summed E-state index contributed by atoms with van der Waals surface area (Å²) in [5.41, 5.74) is 2.62. The zero-order valence-electron chi connectivity index (χ0n) is 16.9. The Morgan fingerprint density at radius 1 is 1.17 bits per heavy atom. The number of ether oxygens (including phenoxy) is 1. The normalized spacial score (nSPS) is 16.7. The lowest BCUT2D eigenvalue weighted by molar-refractivity contribution is 0.0785. The number of amides is 1. The van der Waals surface area contributed by atoms with Crippen molar-refractivity contribution in [2.75, 3.05) is 20.2 Å². The second kappa shape index (κ2) is 9.52. The molecule has 1 saturated heterocycles. The van der Waals surface area contributed by atoms with Gasteiger partial charge >= 0.3 is 0 Å². The van der Waals surface area contributed by atoms with E-state index in [1.165, 1.54) is 17.7 Å². The minimum atomic E-state index is -3.70. The minimum absolute atomic E-state index is 0.0835. The van der Waals surface area contributed by atoms with Gasteiger partial charge in [0.15, 0.2) is 0 Å². The van der Waals surface area contributed by atoms with E-state index in [0.717, 1.165) is 24.8 Å². The van der Waals surface area contributed by atoms with Crippen molar-refractivity contribution in [2.45, 2.75) is 43.7 Å². The summed E-state index contributed by atoms with van der Waals surface area (Å²) >= 11 is 0. The minimum Gasteiger partial charge on any atom is -0.377 e. The first-order valence-corrected chi connectivity index (χ1v) is 11.4. The van der Waals surface area contributed by atoms with E-state index in [2.05, 4.69) is 23.8 Å². The molecule has 1 heterocycles. The van der Waals surface area contributed by atoms with Crippen molar-refractivity contribution in [3.63, 3.8) is 0 Å². The number of nitrogens with zero attached hydrogens (tertiary/aromatic N) is 1. The zero-order chi connectivity index (χ0) is 20.9. The molecule has 1 aliphatic rings. The van der Waals surface area contributed by atoms with Crippen LogP contribution in [-0.2, 0) is 27.7 Å². The van der Waals surface area contributed by atoms with Gasteiger partial charge in [-0.2, -0.15) is 0 Å². The first-order valence-electron chi connectivity index (χ1n) is 9.93. The average Bonchev–Trinajstić information content (AvgIpc) is 3.26. The summed E-state index contributed by atoms with van der Waals surface area (Å²) in [6, 6.07) is 14.3. The smallest absolute Gasteiger partial charge is 0.253 e.